The number of unbranched alkanes of at least 4 members (excludes halogenated alkanes) is 2. The van der Waals surface area contributed by atoms with Gasteiger partial charge in [0.05, 0.1) is 0 Å². The molecule has 1 aromatic carbocycles. The summed E-state index contributed by atoms with van der Waals surface area (Å²) in [6.45, 7) is 2.17. The maximum atomic E-state index is 14.6. The molecule has 2 saturated carbocycles. The zero-order valence-corrected chi connectivity index (χ0v) is 26.9. The summed E-state index contributed by atoms with van der Waals surface area (Å²) in [5, 5.41) is 0. The molecule has 2 aliphatic rings. The zero-order valence-electron chi connectivity index (χ0n) is 26.9. The second-order valence-electron chi connectivity index (χ2n) is 13.8. The molecule has 1 aromatic rings. The van der Waals surface area contributed by atoms with Gasteiger partial charge in [0, 0.05) is 5.56 Å². The maximum absolute atomic E-state index is 14.6. The minimum Gasteiger partial charge on any atom is -0.194 e. The van der Waals surface area contributed by atoms with Crippen molar-refractivity contribution in [3.63, 3.8) is 0 Å². The fourth-order valence-electron chi connectivity index (χ4n) is 7.18. The van der Waals surface area contributed by atoms with Crippen LogP contribution in [0.2, 0.25) is 0 Å². The number of benzene rings is 1. The van der Waals surface area contributed by atoms with Crippen LogP contribution in [0.15, 0.2) is 24.3 Å². The lowest BCUT2D eigenvalue weighted by molar-refractivity contribution is -0.462. The van der Waals surface area contributed by atoms with Crippen LogP contribution in [0, 0.1) is 23.7 Å². The van der Waals surface area contributed by atoms with E-state index < -0.39 is 53.2 Å². The van der Waals surface area contributed by atoms with Crippen LogP contribution >= 0.6 is 0 Å². The van der Waals surface area contributed by atoms with E-state index >= 15 is 0 Å². The fraction of sp³-hybridized carbons (Fsp3) is 0.818. The van der Waals surface area contributed by atoms with Crippen molar-refractivity contribution in [2.24, 2.45) is 23.7 Å². The number of hydrogen-bond acceptors (Lipinski definition) is 0. The first kappa shape index (κ1) is 42.4. The molecule has 290 valence electrons. The van der Waals surface area contributed by atoms with E-state index in [-0.39, 0.29) is 30.0 Å². The van der Waals surface area contributed by atoms with Gasteiger partial charge in [0.1, 0.15) is 0 Å². The van der Waals surface area contributed by atoms with Gasteiger partial charge in [-0.3, -0.25) is 0 Å². The van der Waals surface area contributed by atoms with Crippen LogP contribution in [-0.4, -0.2) is 41.7 Å². The van der Waals surface area contributed by atoms with Gasteiger partial charge in [-0.05, 0) is 67.8 Å². The van der Waals surface area contributed by atoms with Crippen LogP contribution in [0.25, 0.3) is 0 Å². The molecule has 50 heavy (non-hydrogen) atoms. The van der Waals surface area contributed by atoms with Gasteiger partial charge in [-0.15, -0.1) is 0 Å². The van der Waals surface area contributed by atoms with Crippen LogP contribution in [0.1, 0.15) is 102 Å². The van der Waals surface area contributed by atoms with Crippen LogP contribution in [-0.2, 0) is 12.3 Å². The van der Waals surface area contributed by atoms with E-state index in [4.69, 9.17) is 0 Å². The Bertz CT molecular complexity index is 1220. The predicted molar refractivity (Wildman–Crippen MR) is 149 cm³/mol. The third kappa shape index (κ3) is 7.57. The van der Waals surface area contributed by atoms with Gasteiger partial charge in [0.2, 0.25) is 0 Å². The van der Waals surface area contributed by atoms with Crippen LogP contribution < -0.4 is 0 Å². The molecule has 0 aromatic heterocycles. The summed E-state index contributed by atoms with van der Waals surface area (Å²) in [5.74, 6) is -54.2. The Morgan fingerprint density at radius 3 is 1.24 bits per heavy atom. The molecule has 0 saturated heterocycles. The Kier molecular flexibility index (Phi) is 12.6. The van der Waals surface area contributed by atoms with Gasteiger partial charge in [-0.2, -0.15) is 74.6 Å². The summed E-state index contributed by atoms with van der Waals surface area (Å²) in [6.07, 6.45) is 6.44. The molecule has 0 amide bonds. The zero-order chi connectivity index (χ0) is 38.2. The van der Waals surface area contributed by atoms with Gasteiger partial charge in [0.15, 0.2) is 0 Å². The number of rotatable bonds is 15. The second-order valence-corrected chi connectivity index (χ2v) is 13.8. The number of alkyl halides is 17. The fourth-order valence-corrected chi connectivity index (χ4v) is 7.18. The smallest absolute Gasteiger partial charge is 0.194 e. The summed E-state index contributed by atoms with van der Waals surface area (Å²) in [4.78, 5) is 0. The van der Waals surface area contributed by atoms with Gasteiger partial charge in [-0.1, -0.05) is 82.6 Å². The normalized spacial score (nSPS) is 24.0. The number of halogens is 17. The third-order valence-electron chi connectivity index (χ3n) is 10.5. The van der Waals surface area contributed by atoms with Crippen molar-refractivity contribution in [2.45, 2.75) is 144 Å². The highest BCUT2D eigenvalue weighted by molar-refractivity contribution is 5.30. The molecule has 0 unspecified atom stereocenters. The van der Waals surface area contributed by atoms with E-state index in [0.29, 0.717) is 18.3 Å². The largest absolute Gasteiger partial charge is 0.460 e. The summed E-state index contributed by atoms with van der Waals surface area (Å²) in [5.41, 5.74) is -1.95. The average Bonchev–Trinajstić information content (AvgIpc) is 3.03. The topological polar surface area (TPSA) is 0 Å². The molecular weight excluding hydrogens is 719 g/mol. The van der Waals surface area contributed by atoms with Crippen molar-refractivity contribution in [2.75, 3.05) is 0 Å². The average molecular weight is 759 g/mol. The first-order chi connectivity index (χ1) is 22.7. The molecular formula is C33H39F17. The number of aryl methyl sites for hydroxylation is 1. The quantitative estimate of drug-likeness (QED) is 0.123. The molecule has 0 spiro atoms. The molecule has 0 N–H and O–H groups in total. The van der Waals surface area contributed by atoms with E-state index in [2.05, 4.69) is 6.92 Å². The van der Waals surface area contributed by atoms with Crippen molar-refractivity contribution in [3.8, 4) is 0 Å². The predicted octanol–water partition coefficient (Wildman–Crippen LogP) is 13.3. The molecule has 0 nitrogen and oxygen atoms in total. The highest BCUT2D eigenvalue weighted by Crippen LogP contribution is 2.65. The third-order valence-corrected chi connectivity index (χ3v) is 10.5. The molecule has 17 heteroatoms. The molecule has 0 aliphatic heterocycles. The molecule has 2 fully saturated rings. The molecule has 0 atom stereocenters. The monoisotopic (exact) mass is 758 g/mol. The van der Waals surface area contributed by atoms with E-state index in [0.717, 1.165) is 43.7 Å². The maximum Gasteiger partial charge on any atom is 0.460 e. The van der Waals surface area contributed by atoms with Crippen molar-refractivity contribution in [1.29, 1.82) is 0 Å². The molecule has 0 heterocycles. The first-order valence-corrected chi connectivity index (χ1v) is 16.5. The van der Waals surface area contributed by atoms with Crippen LogP contribution in [0.5, 0.6) is 0 Å². The van der Waals surface area contributed by atoms with Crippen molar-refractivity contribution >= 4 is 0 Å². The summed E-state index contributed by atoms with van der Waals surface area (Å²) in [6, 6.07) is 1.65. The Morgan fingerprint density at radius 2 is 0.840 bits per heavy atom. The summed E-state index contributed by atoms with van der Waals surface area (Å²) in [7, 11) is 0. The van der Waals surface area contributed by atoms with Crippen molar-refractivity contribution < 1.29 is 74.6 Å². The van der Waals surface area contributed by atoms with Crippen LogP contribution in [0.3, 0.4) is 0 Å². The lowest BCUT2D eigenvalue weighted by atomic mass is 9.68. The Hall–Kier alpha value is -1.97. The molecule has 3 rings (SSSR count). The summed E-state index contributed by atoms with van der Waals surface area (Å²) >= 11 is 0. The van der Waals surface area contributed by atoms with E-state index in [1.807, 2.05) is 0 Å². The minimum atomic E-state index is -8.63. The van der Waals surface area contributed by atoms with Gasteiger partial charge in [-0.25, -0.2) is 0 Å². The van der Waals surface area contributed by atoms with Crippen molar-refractivity contribution in [1.82, 2.24) is 0 Å². The highest BCUT2D eigenvalue weighted by Gasteiger charge is 2.95. The molecule has 2 aliphatic carbocycles. The molecule has 0 bridgehead atoms. The Labute approximate surface area is 278 Å². The van der Waals surface area contributed by atoms with Gasteiger partial charge >= 0.3 is 47.6 Å². The molecule has 0 radical (unpaired) electrons. The van der Waals surface area contributed by atoms with E-state index in [1.54, 1.807) is 0 Å². The van der Waals surface area contributed by atoms with Crippen molar-refractivity contribution in [3.05, 3.63) is 35.4 Å². The SMILES string of the molecule is CCCCC[C@H]1CC[C@H](C2CCC(CCc3ccc(C(F)(F)C(F)(F)C(F)(F)C(F)(F)C(F)(F)C(F)(F)C(F)(F)C(F)(F)F)cc3)CC2)CC1. The Balaban J connectivity index is 1.64. The standard InChI is InChI=1S/C33H39F17/c1-2-3-4-5-20-8-14-23(15-9-20)24-16-10-21(11-17-24)6-7-22-12-18-25(19-13-22)26(34,35)27(36,37)28(38,39)29(40,41)30(42,43)31(44,45)32(46,47)33(48,49)50/h12-13,18-21,23-24H,2-11,14-17H2,1H3/t20-,21?,23-,24?. The Morgan fingerprint density at radius 1 is 0.460 bits per heavy atom. The second kappa shape index (κ2) is 14.8. The number of hydrogen-bond donors (Lipinski definition) is 0. The first-order valence-electron chi connectivity index (χ1n) is 16.5. The summed E-state index contributed by atoms with van der Waals surface area (Å²) < 4.78 is 232. The van der Waals surface area contributed by atoms with Gasteiger partial charge < -0.3 is 0 Å². The highest BCUT2D eigenvalue weighted by atomic mass is 19.4. The van der Waals surface area contributed by atoms with Gasteiger partial charge in [0.25, 0.3) is 0 Å². The van der Waals surface area contributed by atoms with Crippen LogP contribution in [0.4, 0.5) is 74.6 Å². The lowest BCUT2D eigenvalue weighted by Gasteiger charge is -2.42. The minimum absolute atomic E-state index is 0.0809. The lowest BCUT2D eigenvalue weighted by Crippen LogP contribution is -2.74. The van der Waals surface area contributed by atoms with E-state index in [9.17, 15) is 74.6 Å². The van der Waals surface area contributed by atoms with E-state index in [1.165, 1.54) is 51.4 Å².